The minimum absolute atomic E-state index is 0. The van der Waals surface area contributed by atoms with Crippen molar-refractivity contribution in [3.8, 4) is 0 Å². The number of fused-ring (bicyclic) bond motifs is 1. The Bertz CT molecular complexity index is 481. The number of hydrogen-bond acceptors (Lipinski definition) is 3. The number of aromatic nitrogens is 1. The van der Waals surface area contributed by atoms with E-state index in [1.54, 1.807) is 11.5 Å². The largest absolute Gasteiger partial charge is 1.00 e. The average Bonchev–Trinajstić information content (AvgIpc) is 2.39. The molecule has 2 rings (SSSR count). The predicted molar refractivity (Wildman–Crippen MR) is 55.6 cm³/mol. The highest BCUT2D eigenvalue weighted by Gasteiger charge is 2.21. The number of rotatable bonds is 0. The SMILES string of the molecule is CC(=O)[n+]1c(S)sc2ccccc21.[I-]. The molecule has 0 N–H and O–H groups in total. The number of carbonyl (C=O) groups is 1. The van der Waals surface area contributed by atoms with E-state index in [1.807, 2.05) is 24.3 Å². The van der Waals surface area contributed by atoms with E-state index in [1.165, 1.54) is 11.3 Å². The van der Waals surface area contributed by atoms with Crippen LogP contribution in [0.1, 0.15) is 11.7 Å². The topological polar surface area (TPSA) is 20.9 Å². The van der Waals surface area contributed by atoms with Gasteiger partial charge >= 0.3 is 10.2 Å². The number of halogens is 1. The van der Waals surface area contributed by atoms with Crippen molar-refractivity contribution in [1.29, 1.82) is 0 Å². The molecule has 2 nitrogen and oxygen atoms in total. The predicted octanol–water partition coefficient (Wildman–Crippen LogP) is -0.858. The smallest absolute Gasteiger partial charge is 0.391 e. The number of nitrogens with zero attached hydrogens (tertiary/aromatic N) is 1. The molecule has 0 saturated carbocycles. The zero-order valence-corrected chi connectivity index (χ0v) is 11.3. The van der Waals surface area contributed by atoms with E-state index < -0.39 is 0 Å². The van der Waals surface area contributed by atoms with Gasteiger partial charge in [-0.25, -0.2) is 4.79 Å². The Balaban J connectivity index is 0.000000980. The lowest BCUT2D eigenvalue weighted by Gasteiger charge is -1.86. The zero-order valence-electron chi connectivity index (χ0n) is 7.40. The first-order valence-corrected chi connectivity index (χ1v) is 5.10. The number of thiol groups is 1. The molecule has 5 heteroatoms. The molecular formula is C9H8INOS2. The average molecular weight is 337 g/mol. The highest BCUT2D eigenvalue weighted by Crippen LogP contribution is 2.21. The van der Waals surface area contributed by atoms with Crippen LogP contribution >= 0.6 is 24.0 Å². The molecule has 0 unspecified atom stereocenters. The standard InChI is InChI=1S/C9H7NOS2.HI/c1-6(11)10-7-4-2-3-5-8(7)13-9(10)12;/h2-5H,1H3;1H. The number of carbonyl (C=O) groups excluding carboxylic acids is 1. The van der Waals surface area contributed by atoms with Crippen LogP contribution in [-0.4, -0.2) is 5.91 Å². The molecule has 14 heavy (non-hydrogen) atoms. The van der Waals surface area contributed by atoms with E-state index in [0.717, 1.165) is 14.6 Å². The molecule has 0 amide bonds. The first-order chi connectivity index (χ1) is 6.20. The van der Waals surface area contributed by atoms with Gasteiger partial charge in [-0.2, -0.15) is 0 Å². The normalized spacial score (nSPS) is 9.86. The molecule has 2 aromatic rings. The van der Waals surface area contributed by atoms with Crippen LogP contribution in [0.25, 0.3) is 10.2 Å². The van der Waals surface area contributed by atoms with Crippen LogP contribution < -0.4 is 28.5 Å². The van der Waals surface area contributed by atoms with E-state index in [-0.39, 0.29) is 29.9 Å². The van der Waals surface area contributed by atoms with Crippen LogP contribution in [0.5, 0.6) is 0 Å². The molecule has 0 spiro atoms. The van der Waals surface area contributed by atoms with Gasteiger partial charge in [0.25, 0.3) is 0 Å². The number of hydrogen-bond donors (Lipinski definition) is 1. The summed E-state index contributed by atoms with van der Waals surface area (Å²) in [5.41, 5.74) is 0.935. The van der Waals surface area contributed by atoms with E-state index in [2.05, 4.69) is 12.6 Å². The van der Waals surface area contributed by atoms with Crippen LogP contribution in [0, 0.1) is 0 Å². The van der Waals surface area contributed by atoms with Gasteiger partial charge in [0.15, 0.2) is 0 Å². The molecule has 0 bridgehead atoms. The van der Waals surface area contributed by atoms with Crippen molar-refractivity contribution in [3.05, 3.63) is 24.3 Å². The van der Waals surface area contributed by atoms with Gasteiger partial charge in [0.05, 0.1) is 6.92 Å². The van der Waals surface area contributed by atoms with Crippen LogP contribution in [0.3, 0.4) is 0 Å². The lowest BCUT2D eigenvalue weighted by atomic mass is 10.3. The third-order valence-electron chi connectivity index (χ3n) is 1.81. The van der Waals surface area contributed by atoms with Gasteiger partial charge in [-0.15, -0.1) is 4.57 Å². The molecule has 1 heterocycles. The first kappa shape index (κ1) is 11.9. The van der Waals surface area contributed by atoms with Gasteiger partial charge in [-0.05, 0) is 6.07 Å². The summed E-state index contributed by atoms with van der Waals surface area (Å²) < 4.78 is 3.43. The number of benzene rings is 1. The van der Waals surface area contributed by atoms with Crippen molar-refractivity contribution in [2.45, 2.75) is 11.3 Å². The van der Waals surface area contributed by atoms with Gasteiger partial charge in [-0.1, -0.05) is 36.1 Å². The second-order valence-corrected chi connectivity index (χ2v) is 4.46. The quantitative estimate of drug-likeness (QED) is 0.377. The minimum Gasteiger partial charge on any atom is -1.00 e. The van der Waals surface area contributed by atoms with Gasteiger partial charge in [0, 0.05) is 6.07 Å². The molecule has 0 fully saturated rings. The maximum atomic E-state index is 11.3. The van der Waals surface area contributed by atoms with Crippen molar-refractivity contribution in [2.24, 2.45) is 0 Å². The Morgan fingerprint density at radius 2 is 2.07 bits per heavy atom. The highest BCUT2D eigenvalue weighted by molar-refractivity contribution is 7.82. The zero-order chi connectivity index (χ0) is 9.42. The Kier molecular flexibility index (Phi) is 3.91. The molecule has 1 aromatic heterocycles. The van der Waals surface area contributed by atoms with E-state index in [4.69, 9.17) is 0 Å². The van der Waals surface area contributed by atoms with Crippen molar-refractivity contribution in [1.82, 2.24) is 0 Å². The van der Waals surface area contributed by atoms with Crippen LogP contribution in [-0.2, 0) is 0 Å². The second kappa shape index (κ2) is 4.59. The number of para-hydroxylation sites is 1. The van der Waals surface area contributed by atoms with Gasteiger partial charge < -0.3 is 24.0 Å². The molecule has 0 saturated heterocycles. The summed E-state index contributed by atoms with van der Waals surface area (Å²) in [4.78, 5) is 11.3. The molecule has 0 aliphatic carbocycles. The van der Waals surface area contributed by atoms with E-state index in [0.29, 0.717) is 0 Å². The van der Waals surface area contributed by atoms with E-state index >= 15 is 0 Å². The Hall–Kier alpha value is -0.140. The van der Waals surface area contributed by atoms with Crippen LogP contribution in [0.4, 0.5) is 0 Å². The Morgan fingerprint density at radius 1 is 1.43 bits per heavy atom. The van der Waals surface area contributed by atoms with E-state index in [9.17, 15) is 4.79 Å². The molecule has 74 valence electrons. The fourth-order valence-corrected chi connectivity index (χ4v) is 2.75. The summed E-state index contributed by atoms with van der Waals surface area (Å²) in [7, 11) is 0. The fraction of sp³-hybridized carbons (Fsp3) is 0.111. The monoisotopic (exact) mass is 337 g/mol. The van der Waals surface area contributed by atoms with Gasteiger partial charge in [-0.3, -0.25) is 0 Å². The fourth-order valence-electron chi connectivity index (χ4n) is 1.28. The van der Waals surface area contributed by atoms with Gasteiger partial charge in [0.2, 0.25) is 5.52 Å². The molecule has 0 aliphatic rings. The maximum absolute atomic E-state index is 11.3. The second-order valence-electron chi connectivity index (χ2n) is 2.71. The summed E-state index contributed by atoms with van der Waals surface area (Å²) in [6.45, 7) is 1.54. The molecule has 1 aromatic carbocycles. The summed E-state index contributed by atoms with van der Waals surface area (Å²) in [6, 6.07) is 7.78. The molecule has 0 aliphatic heterocycles. The summed E-state index contributed by atoms with van der Waals surface area (Å²) >= 11 is 5.77. The van der Waals surface area contributed by atoms with Crippen molar-refractivity contribution in [2.75, 3.05) is 0 Å². The lowest BCUT2D eigenvalue weighted by Crippen LogP contribution is -3.00. The minimum atomic E-state index is 0. The summed E-state index contributed by atoms with van der Waals surface area (Å²) in [5.74, 6) is 0.00227. The first-order valence-electron chi connectivity index (χ1n) is 3.83. The van der Waals surface area contributed by atoms with Crippen LogP contribution in [0.2, 0.25) is 0 Å². The third-order valence-corrected chi connectivity index (χ3v) is 3.22. The Morgan fingerprint density at radius 3 is 2.71 bits per heavy atom. The maximum Gasteiger partial charge on any atom is 0.391 e. The number of thiazole rings is 1. The molecule has 0 atom stereocenters. The molecular weight excluding hydrogens is 329 g/mol. The van der Waals surface area contributed by atoms with Crippen molar-refractivity contribution >= 4 is 40.1 Å². The summed E-state index contributed by atoms with van der Waals surface area (Å²) in [6.07, 6.45) is 0. The Labute approximate surface area is 108 Å². The summed E-state index contributed by atoms with van der Waals surface area (Å²) in [5, 5.41) is 0. The van der Waals surface area contributed by atoms with Crippen molar-refractivity contribution < 1.29 is 33.3 Å². The third kappa shape index (κ3) is 1.94. The van der Waals surface area contributed by atoms with Crippen LogP contribution in [0.15, 0.2) is 28.6 Å². The van der Waals surface area contributed by atoms with Crippen molar-refractivity contribution in [3.63, 3.8) is 0 Å². The molecule has 0 radical (unpaired) electrons. The lowest BCUT2D eigenvalue weighted by molar-refractivity contribution is -0.578. The van der Waals surface area contributed by atoms with Gasteiger partial charge in [0.1, 0.15) is 4.70 Å². The highest BCUT2D eigenvalue weighted by atomic mass is 127.